The largest absolute Gasteiger partial charge is 0.396 e. The van der Waals surface area contributed by atoms with E-state index < -0.39 is 0 Å². The van der Waals surface area contributed by atoms with Gasteiger partial charge < -0.3 is 5.73 Å². The highest BCUT2D eigenvalue weighted by Gasteiger charge is 2.14. The Kier molecular flexibility index (Phi) is 4.66. The quantitative estimate of drug-likeness (QED) is 0.893. The first-order chi connectivity index (χ1) is 8.29. The number of nitrogen functional groups attached to an aromatic ring is 1. The predicted molar refractivity (Wildman–Crippen MR) is 74.0 cm³/mol. The molecule has 0 radical (unpaired) electrons. The number of aromatic nitrogens is 2. The summed E-state index contributed by atoms with van der Waals surface area (Å²) in [6.45, 7) is 2.08. The van der Waals surface area contributed by atoms with Gasteiger partial charge in [-0.15, -0.1) is 0 Å². The number of rotatable bonds is 4. The van der Waals surface area contributed by atoms with Crippen molar-refractivity contribution in [1.29, 1.82) is 0 Å². The minimum atomic E-state index is 0.721. The molecular formula is C13H21N3S. The van der Waals surface area contributed by atoms with Gasteiger partial charge in [0, 0.05) is 5.25 Å². The Morgan fingerprint density at radius 1 is 1.35 bits per heavy atom. The average Bonchev–Trinajstić information content (AvgIpc) is 2.39. The van der Waals surface area contributed by atoms with Gasteiger partial charge in [-0.05, 0) is 19.3 Å². The van der Waals surface area contributed by atoms with Gasteiger partial charge in [0.1, 0.15) is 5.82 Å². The summed E-state index contributed by atoms with van der Waals surface area (Å²) in [5.74, 6) is 1.87. The van der Waals surface area contributed by atoms with Crippen molar-refractivity contribution in [3.8, 4) is 0 Å². The highest BCUT2D eigenvalue weighted by Crippen LogP contribution is 2.29. The SMILES string of the molecule is CCc1nc(CSC2CCCCC2)ncc1N. The van der Waals surface area contributed by atoms with E-state index in [4.69, 9.17) is 5.73 Å². The Hall–Kier alpha value is -0.770. The topological polar surface area (TPSA) is 51.8 Å². The fourth-order valence-electron chi connectivity index (χ4n) is 2.24. The molecule has 1 aliphatic carbocycles. The van der Waals surface area contributed by atoms with Crippen LogP contribution in [0.5, 0.6) is 0 Å². The summed E-state index contributed by atoms with van der Waals surface area (Å²) in [5.41, 5.74) is 7.51. The third-order valence-electron chi connectivity index (χ3n) is 3.29. The molecule has 1 aromatic heterocycles. The van der Waals surface area contributed by atoms with Gasteiger partial charge in [0.25, 0.3) is 0 Å². The van der Waals surface area contributed by atoms with Crippen LogP contribution >= 0.6 is 11.8 Å². The van der Waals surface area contributed by atoms with Gasteiger partial charge in [-0.2, -0.15) is 11.8 Å². The number of nitrogens with zero attached hydrogens (tertiary/aromatic N) is 2. The minimum Gasteiger partial charge on any atom is -0.396 e. The maximum atomic E-state index is 5.81. The molecule has 1 fully saturated rings. The van der Waals surface area contributed by atoms with Gasteiger partial charge in [0.15, 0.2) is 0 Å². The molecule has 17 heavy (non-hydrogen) atoms. The number of aryl methyl sites for hydroxylation is 1. The van der Waals surface area contributed by atoms with Crippen LogP contribution < -0.4 is 5.73 Å². The Morgan fingerprint density at radius 3 is 2.82 bits per heavy atom. The zero-order valence-corrected chi connectivity index (χ0v) is 11.3. The second kappa shape index (κ2) is 6.24. The predicted octanol–water partition coefficient (Wildman–Crippen LogP) is 3.19. The molecule has 0 aromatic carbocycles. The molecule has 2 N–H and O–H groups in total. The molecule has 0 atom stereocenters. The first-order valence-electron chi connectivity index (χ1n) is 6.51. The molecular weight excluding hydrogens is 230 g/mol. The zero-order valence-electron chi connectivity index (χ0n) is 10.5. The number of thioether (sulfide) groups is 1. The summed E-state index contributed by atoms with van der Waals surface area (Å²) < 4.78 is 0. The molecule has 0 saturated heterocycles. The van der Waals surface area contributed by atoms with Gasteiger partial charge >= 0.3 is 0 Å². The first kappa shape index (κ1) is 12.7. The van der Waals surface area contributed by atoms with Gasteiger partial charge in [-0.1, -0.05) is 26.2 Å². The van der Waals surface area contributed by atoms with E-state index in [9.17, 15) is 0 Å². The number of nitrogens with two attached hydrogens (primary N) is 1. The van der Waals surface area contributed by atoms with E-state index in [0.29, 0.717) is 0 Å². The Bertz CT molecular complexity index is 362. The zero-order chi connectivity index (χ0) is 12.1. The molecule has 0 unspecified atom stereocenters. The van der Waals surface area contributed by atoms with Crippen molar-refractivity contribution in [3.05, 3.63) is 17.7 Å². The van der Waals surface area contributed by atoms with E-state index in [1.165, 1.54) is 32.1 Å². The maximum absolute atomic E-state index is 5.81. The molecule has 1 heterocycles. The molecule has 2 rings (SSSR count). The maximum Gasteiger partial charge on any atom is 0.138 e. The molecule has 0 bridgehead atoms. The molecule has 0 spiro atoms. The van der Waals surface area contributed by atoms with E-state index >= 15 is 0 Å². The van der Waals surface area contributed by atoms with Crippen molar-refractivity contribution >= 4 is 17.4 Å². The summed E-state index contributed by atoms with van der Waals surface area (Å²) in [7, 11) is 0. The third kappa shape index (κ3) is 3.60. The van der Waals surface area contributed by atoms with Crippen LogP contribution in [0.25, 0.3) is 0 Å². The van der Waals surface area contributed by atoms with E-state index in [2.05, 4.69) is 16.9 Å². The van der Waals surface area contributed by atoms with Crippen molar-refractivity contribution < 1.29 is 0 Å². The van der Waals surface area contributed by atoms with Crippen LogP contribution in [0.1, 0.15) is 50.5 Å². The number of hydrogen-bond donors (Lipinski definition) is 1. The number of anilines is 1. The molecule has 1 aliphatic rings. The lowest BCUT2D eigenvalue weighted by Crippen LogP contribution is -2.09. The van der Waals surface area contributed by atoms with Gasteiger partial charge in [-0.3, -0.25) is 0 Å². The van der Waals surface area contributed by atoms with Crippen LogP contribution in [0.15, 0.2) is 6.20 Å². The van der Waals surface area contributed by atoms with Crippen molar-refractivity contribution in [1.82, 2.24) is 9.97 Å². The Morgan fingerprint density at radius 2 is 2.12 bits per heavy atom. The number of hydrogen-bond acceptors (Lipinski definition) is 4. The third-order valence-corrected chi connectivity index (χ3v) is 4.65. The van der Waals surface area contributed by atoms with E-state index in [1.54, 1.807) is 6.20 Å². The summed E-state index contributed by atoms with van der Waals surface area (Å²) in [6, 6.07) is 0. The second-order valence-electron chi connectivity index (χ2n) is 4.61. The van der Waals surface area contributed by atoms with Crippen LogP contribution in [-0.2, 0) is 12.2 Å². The molecule has 0 aliphatic heterocycles. The lowest BCUT2D eigenvalue weighted by molar-refractivity contribution is 0.516. The van der Waals surface area contributed by atoms with Crippen molar-refractivity contribution in [2.45, 2.75) is 56.5 Å². The van der Waals surface area contributed by atoms with Crippen LogP contribution in [0.4, 0.5) is 5.69 Å². The summed E-state index contributed by atoms with van der Waals surface area (Å²) in [6.07, 6.45) is 9.55. The van der Waals surface area contributed by atoms with Crippen LogP contribution in [0.3, 0.4) is 0 Å². The highest BCUT2D eigenvalue weighted by atomic mass is 32.2. The van der Waals surface area contributed by atoms with Crippen LogP contribution in [0, 0.1) is 0 Å². The van der Waals surface area contributed by atoms with Crippen molar-refractivity contribution in [3.63, 3.8) is 0 Å². The van der Waals surface area contributed by atoms with E-state index in [-0.39, 0.29) is 0 Å². The van der Waals surface area contributed by atoms with E-state index in [0.717, 1.165) is 34.6 Å². The van der Waals surface area contributed by atoms with Gasteiger partial charge in [0.2, 0.25) is 0 Å². The summed E-state index contributed by atoms with van der Waals surface area (Å²) >= 11 is 2.01. The fraction of sp³-hybridized carbons (Fsp3) is 0.692. The normalized spacial score (nSPS) is 17.2. The van der Waals surface area contributed by atoms with Crippen LogP contribution in [-0.4, -0.2) is 15.2 Å². The average molecular weight is 251 g/mol. The lowest BCUT2D eigenvalue weighted by Gasteiger charge is -2.20. The highest BCUT2D eigenvalue weighted by molar-refractivity contribution is 7.99. The molecule has 0 amide bonds. The standard InChI is InChI=1S/C13H21N3S/c1-2-12-11(14)8-15-13(16-12)9-17-10-6-4-3-5-7-10/h8,10H,2-7,9,14H2,1H3. The monoisotopic (exact) mass is 251 g/mol. The van der Waals surface area contributed by atoms with Crippen LogP contribution in [0.2, 0.25) is 0 Å². The van der Waals surface area contributed by atoms with Crippen molar-refractivity contribution in [2.75, 3.05) is 5.73 Å². The minimum absolute atomic E-state index is 0.721. The fourth-order valence-corrected chi connectivity index (χ4v) is 3.44. The molecule has 94 valence electrons. The molecule has 3 nitrogen and oxygen atoms in total. The van der Waals surface area contributed by atoms with Gasteiger partial charge in [0.05, 0.1) is 23.3 Å². The smallest absolute Gasteiger partial charge is 0.138 e. The second-order valence-corrected chi connectivity index (χ2v) is 5.90. The van der Waals surface area contributed by atoms with E-state index in [1.807, 2.05) is 11.8 Å². The molecule has 1 saturated carbocycles. The molecule has 4 heteroatoms. The molecule has 1 aromatic rings. The Labute approximate surface area is 108 Å². The van der Waals surface area contributed by atoms with Gasteiger partial charge in [-0.25, -0.2) is 9.97 Å². The first-order valence-corrected chi connectivity index (χ1v) is 7.56. The summed E-state index contributed by atoms with van der Waals surface area (Å²) in [4.78, 5) is 8.83. The lowest BCUT2D eigenvalue weighted by atomic mass is 10.0. The Balaban J connectivity index is 1.89. The van der Waals surface area contributed by atoms with Crippen molar-refractivity contribution in [2.24, 2.45) is 0 Å². The summed E-state index contributed by atoms with van der Waals surface area (Å²) in [5, 5.41) is 0.815.